The summed E-state index contributed by atoms with van der Waals surface area (Å²) < 4.78 is 6.35. The van der Waals surface area contributed by atoms with Crippen LogP contribution in [0.2, 0.25) is 0 Å². The zero-order valence-corrected chi connectivity index (χ0v) is 24.8. The first-order valence-electron chi connectivity index (χ1n) is 14.4. The summed E-state index contributed by atoms with van der Waals surface area (Å²) in [5, 5.41) is 12.6. The molecule has 4 rings (SSSR count). The lowest BCUT2D eigenvalue weighted by Crippen LogP contribution is -2.33. The number of unbranched alkanes of at least 4 members (excludes halogenated alkanes) is 1. The molecular formula is C35H43NO4. The van der Waals surface area contributed by atoms with Crippen LogP contribution in [0.15, 0.2) is 60.7 Å². The normalized spacial score (nSPS) is 16.1. The summed E-state index contributed by atoms with van der Waals surface area (Å²) in [6, 6.07) is 20.0. The Labute approximate surface area is 239 Å². The van der Waals surface area contributed by atoms with E-state index >= 15 is 0 Å². The number of Topliss-reactive ketones (excluding diaryl/α,β-unsaturated/α-hetero) is 1. The summed E-state index contributed by atoms with van der Waals surface area (Å²) in [6.45, 7) is 14.2. The number of carboxylic acids is 1. The molecule has 0 amide bonds. The average molecular weight is 542 g/mol. The largest absolute Gasteiger partial charge is 0.493 e. The van der Waals surface area contributed by atoms with Crippen LogP contribution in [0.5, 0.6) is 5.75 Å². The maximum absolute atomic E-state index is 11.4. The first kappa shape index (κ1) is 29.5. The minimum absolute atomic E-state index is 0.0934. The second kappa shape index (κ2) is 12.0. The van der Waals surface area contributed by atoms with Gasteiger partial charge in [0.1, 0.15) is 11.5 Å². The first-order chi connectivity index (χ1) is 18.9. The smallest absolute Gasteiger partial charge is 0.335 e. The number of rotatable bonds is 11. The van der Waals surface area contributed by atoms with Crippen LogP contribution in [0.3, 0.4) is 0 Å². The Morgan fingerprint density at radius 1 is 0.850 bits per heavy atom. The summed E-state index contributed by atoms with van der Waals surface area (Å²) in [6.07, 6.45) is 4.11. The van der Waals surface area contributed by atoms with Crippen LogP contribution in [-0.2, 0) is 15.6 Å². The topological polar surface area (TPSA) is 75.6 Å². The van der Waals surface area contributed by atoms with Crippen LogP contribution >= 0.6 is 0 Å². The van der Waals surface area contributed by atoms with E-state index < -0.39 is 5.97 Å². The van der Waals surface area contributed by atoms with Crippen LogP contribution in [0.1, 0.15) is 88.7 Å². The molecule has 1 aliphatic carbocycles. The quantitative estimate of drug-likeness (QED) is 0.242. The van der Waals surface area contributed by atoms with Gasteiger partial charge in [-0.1, -0.05) is 64.1 Å². The molecular weight excluding hydrogens is 498 g/mol. The molecule has 0 aliphatic heterocycles. The average Bonchev–Trinajstić information content (AvgIpc) is 2.93. The van der Waals surface area contributed by atoms with Gasteiger partial charge >= 0.3 is 5.97 Å². The van der Waals surface area contributed by atoms with Gasteiger partial charge in [-0.25, -0.2) is 4.79 Å². The lowest BCUT2D eigenvalue weighted by molar-refractivity contribution is -0.118. The van der Waals surface area contributed by atoms with Crippen LogP contribution in [0.4, 0.5) is 0 Å². The van der Waals surface area contributed by atoms with Gasteiger partial charge in [0.15, 0.2) is 0 Å². The maximum Gasteiger partial charge on any atom is 0.335 e. The number of hydrogen-bond acceptors (Lipinski definition) is 4. The van der Waals surface area contributed by atoms with Crippen molar-refractivity contribution in [2.24, 2.45) is 0 Å². The molecule has 1 aliphatic rings. The zero-order chi connectivity index (χ0) is 29.1. The van der Waals surface area contributed by atoms with Crippen molar-refractivity contribution in [2.45, 2.75) is 84.1 Å². The molecule has 5 heteroatoms. The Hall–Kier alpha value is -3.44. The van der Waals surface area contributed by atoms with Crippen molar-refractivity contribution >= 4 is 11.8 Å². The maximum atomic E-state index is 11.4. The summed E-state index contributed by atoms with van der Waals surface area (Å²) >= 11 is 0. The molecule has 0 fully saturated rings. The molecule has 0 heterocycles. The number of ether oxygens (including phenoxy) is 1. The lowest BCUT2D eigenvalue weighted by Gasteiger charge is -2.42. The van der Waals surface area contributed by atoms with E-state index in [0.717, 1.165) is 53.8 Å². The highest BCUT2D eigenvalue weighted by Crippen LogP contribution is 2.47. The van der Waals surface area contributed by atoms with Crippen molar-refractivity contribution in [3.8, 4) is 28.0 Å². The van der Waals surface area contributed by atoms with E-state index in [9.17, 15) is 14.7 Å². The molecule has 0 saturated heterocycles. The molecule has 212 valence electrons. The summed E-state index contributed by atoms with van der Waals surface area (Å²) in [4.78, 5) is 22.8. The van der Waals surface area contributed by atoms with Gasteiger partial charge in [-0.3, -0.25) is 4.79 Å². The monoisotopic (exact) mass is 541 g/mol. The van der Waals surface area contributed by atoms with Crippen molar-refractivity contribution in [3.05, 3.63) is 77.4 Å². The van der Waals surface area contributed by atoms with E-state index in [4.69, 9.17) is 4.74 Å². The fraction of sp³-hybridized carbons (Fsp3) is 0.429. The van der Waals surface area contributed by atoms with E-state index in [1.165, 1.54) is 17.5 Å². The van der Waals surface area contributed by atoms with Crippen molar-refractivity contribution < 1.29 is 19.4 Å². The Bertz CT molecular complexity index is 1370. The third-order valence-corrected chi connectivity index (χ3v) is 8.50. The van der Waals surface area contributed by atoms with E-state index in [1.54, 1.807) is 19.1 Å². The fourth-order valence-electron chi connectivity index (χ4n) is 5.49. The minimum Gasteiger partial charge on any atom is -0.493 e. The number of nitrogens with one attached hydrogen (secondary N) is 1. The summed E-state index contributed by atoms with van der Waals surface area (Å²) in [5.74, 6) is 0.0560. The van der Waals surface area contributed by atoms with Crippen molar-refractivity contribution in [3.63, 3.8) is 0 Å². The van der Waals surface area contributed by atoms with Gasteiger partial charge in [0.25, 0.3) is 0 Å². The molecule has 0 radical (unpaired) electrons. The number of carbonyl (C=O) groups excluding carboxylic acids is 1. The molecule has 3 aromatic carbocycles. The predicted molar refractivity (Wildman–Crippen MR) is 162 cm³/mol. The molecule has 5 nitrogen and oxygen atoms in total. The number of aromatic carboxylic acids is 1. The Morgan fingerprint density at radius 3 is 2.12 bits per heavy atom. The molecule has 1 unspecified atom stereocenters. The Morgan fingerprint density at radius 2 is 1.48 bits per heavy atom. The summed E-state index contributed by atoms with van der Waals surface area (Å²) in [5.41, 5.74) is 7.46. The molecule has 0 aromatic heterocycles. The van der Waals surface area contributed by atoms with Gasteiger partial charge in [-0.2, -0.15) is 0 Å². The van der Waals surface area contributed by atoms with Crippen molar-refractivity contribution in [1.82, 2.24) is 5.32 Å². The van der Waals surface area contributed by atoms with Crippen molar-refractivity contribution in [1.29, 1.82) is 0 Å². The number of benzene rings is 3. The Kier molecular flexibility index (Phi) is 8.84. The molecule has 2 N–H and O–H groups in total. The van der Waals surface area contributed by atoms with Gasteiger partial charge < -0.3 is 15.2 Å². The van der Waals surface area contributed by atoms with Crippen LogP contribution < -0.4 is 10.1 Å². The SMILES string of the molecule is CC(=O)C(C)NCCCCOc1ccc(-c2ccc(C(=O)O)cc2)cc1-c1ccc2c(c1)C(C)(C)CCC2(C)C. The van der Waals surface area contributed by atoms with Gasteiger partial charge in [0.2, 0.25) is 0 Å². The molecule has 40 heavy (non-hydrogen) atoms. The third-order valence-electron chi connectivity index (χ3n) is 8.50. The predicted octanol–water partition coefficient (Wildman–Crippen LogP) is 7.79. The summed E-state index contributed by atoms with van der Waals surface area (Å²) in [7, 11) is 0. The van der Waals surface area contributed by atoms with Crippen molar-refractivity contribution in [2.75, 3.05) is 13.2 Å². The van der Waals surface area contributed by atoms with Crippen LogP contribution in [0, 0.1) is 0 Å². The molecule has 0 bridgehead atoms. The van der Waals surface area contributed by atoms with E-state index in [0.29, 0.717) is 6.61 Å². The van der Waals surface area contributed by atoms with E-state index in [1.807, 2.05) is 31.2 Å². The van der Waals surface area contributed by atoms with Gasteiger partial charge in [-0.05, 0) is 109 Å². The highest BCUT2D eigenvalue weighted by Gasteiger charge is 2.37. The number of fused-ring (bicyclic) bond motifs is 1. The second-order valence-corrected chi connectivity index (χ2v) is 12.5. The standard InChI is InChI=1S/C35H43NO4/c1-23(24(2)37)36-19-7-8-20-40-32-16-14-27(25-9-11-26(12-10-25)33(38)39)21-29(32)28-13-15-30-31(22-28)35(5,6)18-17-34(30,3)4/h9-16,21-23,36H,7-8,17-20H2,1-6H3,(H,38,39). The Balaban J connectivity index is 1.64. The number of ketones is 1. The molecule has 0 saturated carbocycles. The molecule has 0 spiro atoms. The van der Waals surface area contributed by atoms with Crippen LogP contribution in [0.25, 0.3) is 22.3 Å². The minimum atomic E-state index is -0.929. The second-order valence-electron chi connectivity index (χ2n) is 12.5. The fourth-order valence-corrected chi connectivity index (χ4v) is 5.49. The molecule has 1 atom stereocenters. The zero-order valence-electron chi connectivity index (χ0n) is 24.8. The van der Waals surface area contributed by atoms with E-state index in [2.05, 4.69) is 57.3 Å². The number of carbonyl (C=O) groups is 2. The van der Waals surface area contributed by atoms with Crippen LogP contribution in [-0.4, -0.2) is 36.1 Å². The molecule has 3 aromatic rings. The lowest BCUT2D eigenvalue weighted by atomic mass is 9.63. The number of carboxylic acid groups (broad SMARTS) is 1. The third kappa shape index (κ3) is 6.64. The highest BCUT2D eigenvalue weighted by atomic mass is 16.5. The first-order valence-corrected chi connectivity index (χ1v) is 14.4. The van der Waals surface area contributed by atoms with Gasteiger partial charge in [-0.15, -0.1) is 0 Å². The number of hydrogen-bond donors (Lipinski definition) is 2. The highest BCUT2D eigenvalue weighted by molar-refractivity contribution is 5.88. The van der Waals surface area contributed by atoms with E-state index in [-0.39, 0.29) is 28.2 Å². The van der Waals surface area contributed by atoms with Gasteiger partial charge in [0.05, 0.1) is 18.2 Å². The van der Waals surface area contributed by atoms with Gasteiger partial charge in [0, 0.05) is 5.56 Å².